The number of amides is 2. The molecule has 3 aromatic rings. The molecule has 0 saturated carbocycles. The molecule has 3 aliphatic heterocycles. The first-order valence-electron chi connectivity index (χ1n) is 14.9. The highest BCUT2D eigenvalue weighted by atomic mass is 35.5. The summed E-state index contributed by atoms with van der Waals surface area (Å²) in [6.07, 6.45) is 8.58. The molecule has 2 saturated heterocycles. The number of hydrogen-bond acceptors (Lipinski definition) is 6. The summed E-state index contributed by atoms with van der Waals surface area (Å²) in [5, 5.41) is 6.45. The smallest absolute Gasteiger partial charge is 0.261 e. The molecule has 2 amide bonds. The van der Waals surface area contributed by atoms with Gasteiger partial charge in [0.25, 0.3) is 5.56 Å². The molecule has 12 heteroatoms. The first-order chi connectivity index (χ1) is 20.0. The topological polar surface area (TPSA) is 99.6 Å². The van der Waals surface area contributed by atoms with Gasteiger partial charge in [0.2, 0.25) is 11.8 Å². The SMILES string of the molecule is Cl.Cl.Cl.O=C(CCN1CCCC1)Nc1ccc(/C=C2\CCn3c2nc2ccc(NC(=O)CCN4CCCC4)cc2c3=O)cc1. The Morgan fingerprint density at radius 2 is 1.30 bits per heavy atom. The van der Waals surface area contributed by atoms with Crippen LogP contribution in [0.3, 0.4) is 0 Å². The maximum absolute atomic E-state index is 13.4. The van der Waals surface area contributed by atoms with Gasteiger partial charge in [0.1, 0.15) is 5.82 Å². The summed E-state index contributed by atoms with van der Waals surface area (Å²) in [6, 6.07) is 13.1. The molecule has 3 aliphatic rings. The number of carbonyl (C=O) groups is 2. The lowest BCUT2D eigenvalue weighted by Crippen LogP contribution is -2.25. The van der Waals surface area contributed by atoms with E-state index in [1.807, 2.05) is 36.4 Å². The molecular formula is C32H41Cl3N6O3. The zero-order valence-corrected chi connectivity index (χ0v) is 27.2. The molecule has 2 aromatic carbocycles. The number of aromatic nitrogens is 2. The van der Waals surface area contributed by atoms with Crippen molar-refractivity contribution in [2.75, 3.05) is 49.9 Å². The van der Waals surface area contributed by atoms with Crippen molar-refractivity contribution in [2.45, 2.75) is 51.5 Å². The highest BCUT2D eigenvalue weighted by Gasteiger charge is 2.21. The van der Waals surface area contributed by atoms with Gasteiger partial charge >= 0.3 is 0 Å². The summed E-state index contributed by atoms with van der Waals surface area (Å²) in [5.41, 5.74) is 3.94. The molecule has 44 heavy (non-hydrogen) atoms. The largest absolute Gasteiger partial charge is 0.326 e. The fourth-order valence-electron chi connectivity index (χ4n) is 6.07. The van der Waals surface area contributed by atoms with Gasteiger partial charge < -0.3 is 20.4 Å². The molecular weight excluding hydrogens is 623 g/mol. The van der Waals surface area contributed by atoms with Crippen LogP contribution >= 0.6 is 37.2 Å². The van der Waals surface area contributed by atoms with E-state index in [4.69, 9.17) is 4.98 Å². The average Bonchev–Trinajstić information content (AvgIpc) is 3.76. The number of nitrogens with one attached hydrogen (secondary N) is 2. The fraction of sp³-hybridized carbons (Fsp3) is 0.438. The molecule has 238 valence electrons. The number of likely N-dealkylation sites (tertiary alicyclic amines) is 2. The van der Waals surface area contributed by atoms with Crippen molar-refractivity contribution in [3.63, 3.8) is 0 Å². The third-order valence-corrected chi connectivity index (χ3v) is 8.37. The normalized spacial score (nSPS) is 17.0. The van der Waals surface area contributed by atoms with Crippen molar-refractivity contribution in [1.82, 2.24) is 19.4 Å². The van der Waals surface area contributed by atoms with Crippen LogP contribution in [0.4, 0.5) is 11.4 Å². The van der Waals surface area contributed by atoms with Crippen LogP contribution in [0.2, 0.25) is 0 Å². The van der Waals surface area contributed by atoms with Gasteiger partial charge in [0.15, 0.2) is 0 Å². The Morgan fingerprint density at radius 3 is 1.89 bits per heavy atom. The summed E-state index contributed by atoms with van der Waals surface area (Å²) >= 11 is 0. The van der Waals surface area contributed by atoms with E-state index in [2.05, 4.69) is 26.5 Å². The first kappa shape index (κ1) is 35.5. The Labute approximate surface area is 276 Å². The second-order valence-electron chi connectivity index (χ2n) is 11.4. The lowest BCUT2D eigenvalue weighted by molar-refractivity contribution is -0.117. The van der Waals surface area contributed by atoms with Crippen LogP contribution in [0.25, 0.3) is 22.6 Å². The predicted octanol–water partition coefficient (Wildman–Crippen LogP) is 5.46. The highest BCUT2D eigenvalue weighted by Crippen LogP contribution is 2.28. The lowest BCUT2D eigenvalue weighted by atomic mass is 10.1. The third kappa shape index (κ3) is 8.61. The number of carbonyl (C=O) groups excluding carboxylic acids is 2. The zero-order valence-electron chi connectivity index (χ0n) is 24.8. The van der Waals surface area contributed by atoms with Gasteiger partial charge in [0.05, 0.1) is 10.9 Å². The number of allylic oxidation sites excluding steroid dienone is 1. The van der Waals surface area contributed by atoms with Crippen LogP contribution in [-0.2, 0) is 16.1 Å². The second kappa shape index (κ2) is 16.4. The second-order valence-corrected chi connectivity index (χ2v) is 11.4. The van der Waals surface area contributed by atoms with E-state index >= 15 is 0 Å². The minimum atomic E-state index is -0.0893. The molecule has 2 fully saturated rings. The molecule has 9 nitrogen and oxygen atoms in total. The van der Waals surface area contributed by atoms with Gasteiger partial charge in [-0.1, -0.05) is 12.1 Å². The van der Waals surface area contributed by atoms with E-state index < -0.39 is 0 Å². The monoisotopic (exact) mass is 662 g/mol. The predicted molar refractivity (Wildman–Crippen MR) is 185 cm³/mol. The van der Waals surface area contributed by atoms with E-state index in [1.54, 1.807) is 10.6 Å². The van der Waals surface area contributed by atoms with Gasteiger partial charge in [-0.3, -0.25) is 19.0 Å². The maximum atomic E-state index is 13.4. The third-order valence-electron chi connectivity index (χ3n) is 8.37. The molecule has 0 radical (unpaired) electrons. The van der Waals surface area contributed by atoms with Crippen LogP contribution < -0.4 is 16.2 Å². The van der Waals surface area contributed by atoms with Crippen molar-refractivity contribution in [1.29, 1.82) is 0 Å². The van der Waals surface area contributed by atoms with E-state index in [0.717, 1.165) is 56.1 Å². The number of hydrogen-bond donors (Lipinski definition) is 2. The lowest BCUT2D eigenvalue weighted by Gasteiger charge is -2.14. The molecule has 2 N–H and O–H groups in total. The van der Waals surface area contributed by atoms with Gasteiger partial charge in [-0.25, -0.2) is 4.98 Å². The van der Waals surface area contributed by atoms with Crippen molar-refractivity contribution in [3.8, 4) is 0 Å². The summed E-state index contributed by atoms with van der Waals surface area (Å²) < 4.78 is 1.72. The Morgan fingerprint density at radius 1 is 0.750 bits per heavy atom. The quantitative estimate of drug-likeness (QED) is 0.316. The maximum Gasteiger partial charge on any atom is 0.261 e. The van der Waals surface area contributed by atoms with Crippen molar-refractivity contribution >= 4 is 83.0 Å². The summed E-state index contributed by atoms with van der Waals surface area (Å²) in [6.45, 7) is 6.46. The highest BCUT2D eigenvalue weighted by molar-refractivity contribution is 5.94. The molecule has 0 unspecified atom stereocenters. The van der Waals surface area contributed by atoms with E-state index in [0.29, 0.717) is 48.2 Å². The van der Waals surface area contributed by atoms with Crippen LogP contribution in [0.15, 0.2) is 47.3 Å². The minimum Gasteiger partial charge on any atom is -0.326 e. The van der Waals surface area contributed by atoms with Gasteiger partial charge in [0, 0.05) is 43.9 Å². The van der Waals surface area contributed by atoms with Crippen LogP contribution in [-0.4, -0.2) is 70.4 Å². The number of nitrogens with zero attached hydrogens (tertiary/aromatic N) is 4. The van der Waals surface area contributed by atoms with Gasteiger partial charge in [-0.05, 0) is 106 Å². The summed E-state index contributed by atoms with van der Waals surface area (Å²) in [5.74, 6) is 0.681. The number of anilines is 2. The van der Waals surface area contributed by atoms with Gasteiger partial charge in [-0.2, -0.15) is 0 Å². The fourth-order valence-corrected chi connectivity index (χ4v) is 6.07. The average molecular weight is 664 g/mol. The molecule has 0 bridgehead atoms. The Hall–Kier alpha value is -2.95. The van der Waals surface area contributed by atoms with Gasteiger partial charge in [-0.15, -0.1) is 37.2 Å². The van der Waals surface area contributed by atoms with E-state index in [-0.39, 0.29) is 54.6 Å². The molecule has 0 spiro atoms. The molecule has 0 aliphatic carbocycles. The number of benzene rings is 2. The standard InChI is InChI=1S/C32H38N6O3.3ClH/c39-29(12-18-36-14-1-2-15-36)33-25-7-5-23(6-8-25)21-24-11-20-38-31(24)35-28-10-9-26(22-27(28)32(38)41)34-30(40)13-19-37-16-3-4-17-37;;;/h5-10,21-22H,1-4,11-20H2,(H,33,39)(H,34,40);3*1H/b24-21+;;;. The zero-order chi connectivity index (χ0) is 28.2. The van der Waals surface area contributed by atoms with Crippen molar-refractivity contribution < 1.29 is 9.59 Å². The van der Waals surface area contributed by atoms with Crippen LogP contribution in [0, 0.1) is 0 Å². The van der Waals surface area contributed by atoms with E-state index in [1.165, 1.54) is 25.7 Å². The summed E-state index contributed by atoms with van der Waals surface area (Å²) in [4.78, 5) is 47.7. The molecule has 6 rings (SSSR count). The number of fused-ring (bicyclic) bond motifs is 2. The molecule has 1 aromatic heterocycles. The Kier molecular flexibility index (Phi) is 13.2. The minimum absolute atomic E-state index is 0. The van der Waals surface area contributed by atoms with Crippen molar-refractivity contribution in [3.05, 3.63) is 64.2 Å². The number of halogens is 3. The van der Waals surface area contributed by atoms with Crippen LogP contribution in [0.5, 0.6) is 0 Å². The van der Waals surface area contributed by atoms with Crippen LogP contribution in [0.1, 0.15) is 56.3 Å². The Bertz CT molecular complexity index is 1530. The number of rotatable bonds is 9. The van der Waals surface area contributed by atoms with E-state index in [9.17, 15) is 14.4 Å². The first-order valence-corrected chi connectivity index (χ1v) is 14.9. The molecule has 0 atom stereocenters. The van der Waals surface area contributed by atoms with Crippen molar-refractivity contribution in [2.24, 2.45) is 0 Å². The molecule has 4 heterocycles. The summed E-state index contributed by atoms with van der Waals surface area (Å²) in [7, 11) is 0. The Balaban J connectivity index is 0.00000176.